The van der Waals surface area contributed by atoms with Crippen LogP contribution in [-0.2, 0) is 0 Å². The van der Waals surface area contributed by atoms with Gasteiger partial charge in [-0.1, -0.05) is 12.8 Å². The fourth-order valence-electron chi connectivity index (χ4n) is 3.85. The summed E-state index contributed by atoms with van der Waals surface area (Å²) in [6.45, 7) is 8.19. The van der Waals surface area contributed by atoms with Crippen molar-refractivity contribution < 1.29 is 0 Å². The van der Waals surface area contributed by atoms with Gasteiger partial charge in [0.15, 0.2) is 0 Å². The molecule has 1 aliphatic carbocycles. The number of hydrogen-bond acceptors (Lipinski definition) is 3. The van der Waals surface area contributed by atoms with Crippen molar-refractivity contribution in [2.24, 2.45) is 5.92 Å². The molecule has 0 amide bonds. The van der Waals surface area contributed by atoms with Crippen molar-refractivity contribution in [3.05, 3.63) is 0 Å². The number of nitrogens with one attached hydrogen (secondary N) is 2. The molecule has 0 spiro atoms. The molecule has 3 nitrogen and oxygen atoms in total. The lowest BCUT2D eigenvalue weighted by Gasteiger charge is -2.36. The average molecular weight is 281 g/mol. The van der Waals surface area contributed by atoms with Gasteiger partial charge in [0.05, 0.1) is 0 Å². The third-order valence-electron chi connectivity index (χ3n) is 5.41. The first-order valence-corrected chi connectivity index (χ1v) is 8.85. The lowest BCUT2D eigenvalue weighted by atomic mass is 9.79. The van der Waals surface area contributed by atoms with Crippen LogP contribution in [0.1, 0.15) is 58.8 Å². The van der Waals surface area contributed by atoms with Crippen molar-refractivity contribution in [1.29, 1.82) is 0 Å². The Balaban J connectivity index is 1.69. The average Bonchev–Trinajstić information content (AvgIpc) is 2.97. The second kappa shape index (κ2) is 8.35. The van der Waals surface area contributed by atoms with Gasteiger partial charge >= 0.3 is 0 Å². The molecule has 0 aromatic rings. The highest BCUT2D eigenvalue weighted by Crippen LogP contribution is 2.30. The Hall–Kier alpha value is -0.120. The molecule has 1 aliphatic heterocycles. The molecule has 2 N–H and O–H groups in total. The second-order valence-electron chi connectivity index (χ2n) is 7.14. The summed E-state index contributed by atoms with van der Waals surface area (Å²) in [6, 6.07) is 2.23. The van der Waals surface area contributed by atoms with Crippen molar-refractivity contribution in [3.63, 3.8) is 0 Å². The van der Waals surface area contributed by atoms with Crippen LogP contribution in [0.25, 0.3) is 0 Å². The van der Waals surface area contributed by atoms with E-state index in [1.165, 1.54) is 64.6 Å². The van der Waals surface area contributed by atoms with E-state index in [1.807, 2.05) is 0 Å². The number of nitrogens with zero attached hydrogens (tertiary/aromatic N) is 1. The van der Waals surface area contributed by atoms with Gasteiger partial charge in [0.1, 0.15) is 0 Å². The molecule has 2 fully saturated rings. The molecule has 2 aliphatic rings. The third-order valence-corrected chi connectivity index (χ3v) is 5.41. The monoisotopic (exact) mass is 281 g/mol. The minimum absolute atomic E-state index is 0.667. The molecule has 118 valence electrons. The van der Waals surface area contributed by atoms with Gasteiger partial charge in [-0.2, -0.15) is 0 Å². The number of hydrogen-bond donors (Lipinski definition) is 2. The van der Waals surface area contributed by atoms with Crippen molar-refractivity contribution >= 4 is 0 Å². The van der Waals surface area contributed by atoms with Crippen LogP contribution in [0.5, 0.6) is 0 Å². The maximum Gasteiger partial charge on any atom is 0.0111 e. The van der Waals surface area contributed by atoms with Crippen LogP contribution < -0.4 is 10.6 Å². The highest BCUT2D eigenvalue weighted by atomic mass is 15.1. The lowest BCUT2D eigenvalue weighted by molar-refractivity contribution is 0.209. The van der Waals surface area contributed by atoms with E-state index in [-0.39, 0.29) is 0 Å². The first-order chi connectivity index (χ1) is 9.68. The molecule has 2 rings (SSSR count). The van der Waals surface area contributed by atoms with Crippen molar-refractivity contribution in [2.45, 2.75) is 76.9 Å². The van der Waals surface area contributed by atoms with E-state index >= 15 is 0 Å². The predicted molar refractivity (Wildman–Crippen MR) is 87.2 cm³/mol. The lowest BCUT2D eigenvalue weighted by Crippen LogP contribution is -2.47. The molecule has 3 heteroatoms. The van der Waals surface area contributed by atoms with Crippen LogP contribution in [0, 0.1) is 5.92 Å². The van der Waals surface area contributed by atoms with E-state index in [2.05, 4.69) is 36.4 Å². The van der Waals surface area contributed by atoms with Crippen LogP contribution in [0.2, 0.25) is 0 Å². The molecular weight excluding hydrogens is 246 g/mol. The van der Waals surface area contributed by atoms with E-state index in [0.29, 0.717) is 6.04 Å². The zero-order chi connectivity index (χ0) is 14.4. The highest BCUT2D eigenvalue weighted by molar-refractivity contribution is 4.91. The first kappa shape index (κ1) is 16.3. The van der Waals surface area contributed by atoms with Gasteiger partial charge in [0.2, 0.25) is 0 Å². The van der Waals surface area contributed by atoms with Gasteiger partial charge in [-0.25, -0.2) is 0 Å². The summed E-state index contributed by atoms with van der Waals surface area (Å²) in [6.07, 6.45) is 9.75. The molecule has 0 aromatic heterocycles. The normalized spacial score (nSPS) is 31.4. The summed E-state index contributed by atoms with van der Waals surface area (Å²) < 4.78 is 0. The molecule has 1 saturated carbocycles. The topological polar surface area (TPSA) is 27.3 Å². The van der Waals surface area contributed by atoms with Crippen LogP contribution in [0.15, 0.2) is 0 Å². The Kier molecular flexibility index (Phi) is 6.79. The van der Waals surface area contributed by atoms with Gasteiger partial charge < -0.3 is 15.5 Å². The van der Waals surface area contributed by atoms with E-state index < -0.39 is 0 Å². The van der Waals surface area contributed by atoms with Crippen LogP contribution in [-0.4, -0.2) is 49.7 Å². The maximum atomic E-state index is 3.88. The highest BCUT2D eigenvalue weighted by Gasteiger charge is 2.32. The summed E-state index contributed by atoms with van der Waals surface area (Å²) in [4.78, 5) is 2.44. The van der Waals surface area contributed by atoms with Gasteiger partial charge in [0, 0.05) is 18.1 Å². The first-order valence-electron chi connectivity index (χ1n) is 8.85. The zero-order valence-electron chi connectivity index (χ0n) is 13.8. The molecule has 3 unspecified atom stereocenters. The van der Waals surface area contributed by atoms with Gasteiger partial charge in [-0.15, -0.1) is 0 Å². The van der Waals surface area contributed by atoms with E-state index in [1.54, 1.807) is 0 Å². The zero-order valence-corrected chi connectivity index (χ0v) is 13.8. The summed E-state index contributed by atoms with van der Waals surface area (Å²) in [5.41, 5.74) is 0. The quantitative estimate of drug-likeness (QED) is 0.703. The summed E-state index contributed by atoms with van der Waals surface area (Å²) in [7, 11) is 2.23. The molecule has 0 aromatic carbocycles. The molecule has 1 heterocycles. The van der Waals surface area contributed by atoms with Crippen molar-refractivity contribution in [1.82, 2.24) is 15.5 Å². The van der Waals surface area contributed by atoms with Gasteiger partial charge in [-0.3, -0.25) is 0 Å². The van der Waals surface area contributed by atoms with E-state index in [4.69, 9.17) is 0 Å². The predicted octanol–water partition coefficient (Wildman–Crippen LogP) is 2.62. The van der Waals surface area contributed by atoms with E-state index in [9.17, 15) is 0 Å². The summed E-state index contributed by atoms with van der Waals surface area (Å²) in [5.74, 6) is 0.883. The van der Waals surface area contributed by atoms with Crippen molar-refractivity contribution in [2.75, 3.05) is 26.7 Å². The largest absolute Gasteiger partial charge is 0.314 e. The molecular formula is C17H35N3. The Morgan fingerprint density at radius 2 is 1.95 bits per heavy atom. The third kappa shape index (κ3) is 4.71. The second-order valence-corrected chi connectivity index (χ2v) is 7.14. The molecule has 1 saturated heterocycles. The van der Waals surface area contributed by atoms with Gasteiger partial charge in [-0.05, 0) is 78.6 Å². The summed E-state index contributed by atoms with van der Waals surface area (Å²) in [5, 5.41) is 7.61. The van der Waals surface area contributed by atoms with Crippen LogP contribution in [0.4, 0.5) is 0 Å². The van der Waals surface area contributed by atoms with E-state index in [0.717, 1.165) is 18.0 Å². The summed E-state index contributed by atoms with van der Waals surface area (Å²) >= 11 is 0. The maximum absolute atomic E-state index is 3.88. The van der Waals surface area contributed by atoms with Gasteiger partial charge in [0.25, 0.3) is 0 Å². The SMILES string of the molecule is CC(C)N(C)CCCNC1CCCCC1C1CCCN1. The van der Waals surface area contributed by atoms with Crippen molar-refractivity contribution in [3.8, 4) is 0 Å². The minimum Gasteiger partial charge on any atom is -0.314 e. The Bertz CT molecular complexity index is 261. The molecule has 0 radical (unpaired) electrons. The Morgan fingerprint density at radius 1 is 1.15 bits per heavy atom. The molecule has 0 bridgehead atoms. The fraction of sp³-hybridized carbons (Fsp3) is 1.00. The van der Waals surface area contributed by atoms with Crippen LogP contribution in [0.3, 0.4) is 0 Å². The Morgan fingerprint density at radius 3 is 2.65 bits per heavy atom. The molecule has 20 heavy (non-hydrogen) atoms. The molecule has 3 atom stereocenters. The minimum atomic E-state index is 0.667. The smallest absolute Gasteiger partial charge is 0.0111 e. The number of rotatable bonds is 7. The fourth-order valence-corrected chi connectivity index (χ4v) is 3.85. The standard InChI is InChI=1S/C17H35N3/c1-14(2)20(3)13-7-12-19-16-9-5-4-8-15(16)17-10-6-11-18-17/h14-19H,4-13H2,1-3H3. The Labute approximate surface area is 125 Å². The van der Waals surface area contributed by atoms with Crippen LogP contribution >= 0.6 is 0 Å².